The van der Waals surface area contributed by atoms with Crippen LogP contribution in [0.4, 0.5) is 4.39 Å². The van der Waals surface area contributed by atoms with Gasteiger partial charge in [0.05, 0.1) is 16.3 Å². The lowest BCUT2D eigenvalue weighted by molar-refractivity contribution is 0.503. The molecule has 0 amide bonds. The molecule has 3 atom stereocenters. The highest BCUT2D eigenvalue weighted by Crippen LogP contribution is 2.42. The molecule has 2 aliphatic heterocycles. The summed E-state index contributed by atoms with van der Waals surface area (Å²) in [5.41, 5.74) is 5.12. The number of hydrogen-bond acceptors (Lipinski definition) is 2. The smallest absolute Gasteiger partial charge is 0.124 e. The number of rotatable bonds is 2. The van der Waals surface area contributed by atoms with Crippen LogP contribution in [0.25, 0.3) is 10.9 Å². The molecular formula is C21H21FN2OS. The fraction of sp³-hybridized carbons (Fsp3) is 0.333. The first kappa shape index (κ1) is 16.2. The maximum Gasteiger partial charge on any atom is 0.124 e. The minimum absolute atomic E-state index is 0.355. The molecule has 5 rings (SSSR count). The van der Waals surface area contributed by atoms with Gasteiger partial charge in [-0.15, -0.1) is 0 Å². The molecule has 1 fully saturated rings. The molecule has 2 aromatic carbocycles. The number of halogens is 1. The molecule has 0 radical (unpaired) electrons. The third-order valence-corrected chi connectivity index (χ3v) is 7.21. The first-order chi connectivity index (χ1) is 12.5. The Bertz CT molecular complexity index is 1070. The maximum atomic E-state index is 13.6. The molecular weight excluding hydrogens is 347 g/mol. The second-order valence-corrected chi connectivity index (χ2v) is 8.96. The molecule has 26 heavy (non-hydrogen) atoms. The van der Waals surface area contributed by atoms with Gasteiger partial charge < -0.3 is 9.88 Å². The van der Waals surface area contributed by atoms with E-state index in [0.717, 1.165) is 23.3 Å². The highest BCUT2D eigenvalue weighted by Gasteiger charge is 2.36. The number of nitrogens with zero attached hydrogens (tertiary/aromatic N) is 1. The lowest BCUT2D eigenvalue weighted by Gasteiger charge is -2.23. The van der Waals surface area contributed by atoms with Crippen molar-refractivity contribution in [2.45, 2.75) is 48.1 Å². The molecule has 0 aliphatic carbocycles. The van der Waals surface area contributed by atoms with E-state index in [4.69, 9.17) is 0 Å². The van der Waals surface area contributed by atoms with Crippen molar-refractivity contribution >= 4 is 21.7 Å². The minimum Gasteiger partial charge on any atom is -0.347 e. The molecule has 0 spiro atoms. The van der Waals surface area contributed by atoms with E-state index in [1.165, 1.54) is 40.7 Å². The van der Waals surface area contributed by atoms with E-state index in [-0.39, 0.29) is 5.82 Å². The molecule has 3 unspecified atom stereocenters. The standard InChI is InChI=1S/C21H21FN2OS/c1-12-8-16(26(25)15-5-3-4-13(22)9-15)11-17-20-18-7-6-14(23-18)10-19(20)24(2)21(12)17/h3-5,8-9,11,14,18,23H,6-7,10H2,1-2H3. The number of aromatic nitrogens is 1. The Labute approximate surface area is 154 Å². The van der Waals surface area contributed by atoms with Gasteiger partial charge in [0.25, 0.3) is 0 Å². The topological polar surface area (TPSA) is 34.0 Å². The van der Waals surface area contributed by atoms with Crippen LogP contribution in [0.1, 0.15) is 35.7 Å². The largest absolute Gasteiger partial charge is 0.347 e. The average Bonchev–Trinajstić information content (AvgIpc) is 3.14. The first-order valence-electron chi connectivity index (χ1n) is 9.08. The molecule has 1 aromatic heterocycles. The summed E-state index contributed by atoms with van der Waals surface area (Å²) in [6, 6.07) is 11.1. The second kappa shape index (κ2) is 5.76. The van der Waals surface area contributed by atoms with E-state index in [9.17, 15) is 8.60 Å². The van der Waals surface area contributed by atoms with Crippen molar-refractivity contribution < 1.29 is 8.60 Å². The molecule has 1 saturated heterocycles. The lowest BCUT2D eigenvalue weighted by atomic mass is 9.98. The van der Waals surface area contributed by atoms with E-state index < -0.39 is 10.8 Å². The van der Waals surface area contributed by atoms with Gasteiger partial charge in [0.1, 0.15) is 5.82 Å². The summed E-state index contributed by atoms with van der Waals surface area (Å²) in [6.07, 6.45) is 3.43. The fourth-order valence-electron chi connectivity index (χ4n) is 4.77. The minimum atomic E-state index is -1.39. The first-order valence-corrected chi connectivity index (χ1v) is 10.2. The molecule has 2 bridgehead atoms. The average molecular weight is 368 g/mol. The van der Waals surface area contributed by atoms with E-state index in [1.807, 2.05) is 6.07 Å². The number of benzene rings is 2. The highest BCUT2D eigenvalue weighted by atomic mass is 32.2. The summed E-state index contributed by atoms with van der Waals surface area (Å²) in [4.78, 5) is 1.25. The van der Waals surface area contributed by atoms with Crippen LogP contribution in [-0.2, 0) is 24.3 Å². The van der Waals surface area contributed by atoms with Crippen molar-refractivity contribution in [3.63, 3.8) is 0 Å². The van der Waals surface area contributed by atoms with Gasteiger partial charge in [-0.05, 0) is 61.2 Å². The van der Waals surface area contributed by atoms with E-state index in [2.05, 4.69) is 29.9 Å². The van der Waals surface area contributed by atoms with Crippen LogP contribution in [0.3, 0.4) is 0 Å². The van der Waals surface area contributed by atoms with Gasteiger partial charge in [0.2, 0.25) is 0 Å². The fourth-order valence-corrected chi connectivity index (χ4v) is 5.97. The Hall–Kier alpha value is -1.98. The van der Waals surface area contributed by atoms with Crippen molar-refractivity contribution in [3.8, 4) is 0 Å². The number of nitrogens with one attached hydrogen (secondary N) is 1. The quantitative estimate of drug-likeness (QED) is 0.738. The van der Waals surface area contributed by atoms with E-state index >= 15 is 0 Å². The Morgan fingerprint density at radius 2 is 2.04 bits per heavy atom. The van der Waals surface area contributed by atoms with Crippen molar-refractivity contribution in [2.24, 2.45) is 7.05 Å². The predicted octanol–water partition coefficient (Wildman–Crippen LogP) is 4.14. The van der Waals surface area contributed by atoms with Gasteiger partial charge in [0.15, 0.2) is 0 Å². The lowest BCUT2D eigenvalue weighted by Crippen LogP contribution is -2.32. The summed E-state index contributed by atoms with van der Waals surface area (Å²) >= 11 is 0. The Kier molecular flexibility index (Phi) is 3.59. The summed E-state index contributed by atoms with van der Waals surface area (Å²) < 4.78 is 28.9. The van der Waals surface area contributed by atoms with E-state index in [0.29, 0.717) is 17.0 Å². The van der Waals surface area contributed by atoms with Crippen LogP contribution in [0.5, 0.6) is 0 Å². The van der Waals surface area contributed by atoms with Crippen LogP contribution < -0.4 is 5.32 Å². The zero-order valence-electron chi connectivity index (χ0n) is 14.9. The monoisotopic (exact) mass is 368 g/mol. The summed E-state index contributed by atoms with van der Waals surface area (Å²) in [5, 5.41) is 4.92. The number of hydrogen-bond donors (Lipinski definition) is 1. The highest BCUT2D eigenvalue weighted by molar-refractivity contribution is 7.85. The van der Waals surface area contributed by atoms with Crippen LogP contribution in [0.2, 0.25) is 0 Å². The molecule has 134 valence electrons. The van der Waals surface area contributed by atoms with Crippen molar-refractivity contribution in [2.75, 3.05) is 0 Å². The number of fused-ring (bicyclic) bond motifs is 6. The van der Waals surface area contributed by atoms with Crippen molar-refractivity contribution in [3.05, 3.63) is 59.0 Å². The molecule has 2 aliphatic rings. The van der Waals surface area contributed by atoms with Crippen molar-refractivity contribution in [1.82, 2.24) is 9.88 Å². The van der Waals surface area contributed by atoms with Gasteiger partial charge in [-0.3, -0.25) is 0 Å². The predicted molar refractivity (Wildman–Crippen MR) is 101 cm³/mol. The second-order valence-electron chi connectivity index (χ2n) is 7.48. The number of aryl methyl sites for hydroxylation is 2. The van der Waals surface area contributed by atoms with E-state index in [1.54, 1.807) is 12.1 Å². The molecule has 1 N–H and O–H groups in total. The Morgan fingerprint density at radius 3 is 2.85 bits per heavy atom. The Balaban J connectivity index is 1.71. The van der Waals surface area contributed by atoms with Crippen LogP contribution in [0.15, 0.2) is 46.2 Å². The third-order valence-electron chi connectivity index (χ3n) is 5.87. The Morgan fingerprint density at radius 1 is 1.19 bits per heavy atom. The van der Waals surface area contributed by atoms with Crippen molar-refractivity contribution in [1.29, 1.82) is 0 Å². The normalized spacial score (nSPS) is 22.6. The maximum absolute atomic E-state index is 13.6. The summed E-state index contributed by atoms with van der Waals surface area (Å²) in [5.74, 6) is -0.355. The SMILES string of the molecule is Cc1cc(S(=O)c2cccc(F)c2)cc2c3c(n(C)c12)CC1CCC3N1. The van der Waals surface area contributed by atoms with Crippen LogP contribution in [0, 0.1) is 12.7 Å². The molecule has 3 heterocycles. The van der Waals surface area contributed by atoms with Crippen LogP contribution in [-0.4, -0.2) is 14.8 Å². The summed E-state index contributed by atoms with van der Waals surface area (Å²) in [6.45, 7) is 2.08. The summed E-state index contributed by atoms with van der Waals surface area (Å²) in [7, 11) is 0.754. The molecule has 3 nitrogen and oxygen atoms in total. The van der Waals surface area contributed by atoms with Gasteiger partial charge in [-0.25, -0.2) is 8.60 Å². The zero-order valence-corrected chi connectivity index (χ0v) is 15.7. The molecule has 0 saturated carbocycles. The zero-order chi connectivity index (χ0) is 18.0. The third kappa shape index (κ3) is 2.30. The van der Waals surface area contributed by atoms with Gasteiger partial charge in [-0.1, -0.05) is 6.07 Å². The van der Waals surface area contributed by atoms with Crippen LogP contribution >= 0.6 is 0 Å². The molecule has 3 aromatic rings. The van der Waals surface area contributed by atoms with Gasteiger partial charge in [-0.2, -0.15) is 0 Å². The van der Waals surface area contributed by atoms with Gasteiger partial charge in [0, 0.05) is 46.4 Å². The molecule has 5 heteroatoms. The van der Waals surface area contributed by atoms with Gasteiger partial charge >= 0.3 is 0 Å².